The third-order valence-corrected chi connectivity index (χ3v) is 5.84. The first-order valence-electron chi connectivity index (χ1n) is 7.90. The van der Waals surface area contributed by atoms with Crippen molar-refractivity contribution in [3.05, 3.63) is 34.3 Å². The van der Waals surface area contributed by atoms with E-state index in [-0.39, 0.29) is 6.04 Å². The number of amides is 1. The summed E-state index contributed by atoms with van der Waals surface area (Å²) in [4.78, 5) is 16.2. The van der Waals surface area contributed by atoms with Crippen LogP contribution in [0.25, 0.3) is 0 Å². The highest BCUT2D eigenvalue weighted by atomic mass is 79.9. The van der Waals surface area contributed by atoms with Crippen molar-refractivity contribution in [3.8, 4) is 0 Å². The van der Waals surface area contributed by atoms with Gasteiger partial charge in [-0.15, -0.1) is 0 Å². The SMILES string of the molecule is CC(C)(c1ccc(Br)cc1)N(C(=O)O)C1CN2CCC1CC2. The molecule has 3 saturated heterocycles. The Morgan fingerprint density at radius 2 is 1.86 bits per heavy atom. The second kappa shape index (κ2) is 5.85. The summed E-state index contributed by atoms with van der Waals surface area (Å²) in [6.07, 6.45) is 1.42. The van der Waals surface area contributed by atoms with Crippen molar-refractivity contribution in [2.45, 2.75) is 38.3 Å². The van der Waals surface area contributed by atoms with Crippen LogP contribution in [-0.4, -0.2) is 46.7 Å². The molecule has 0 aliphatic carbocycles. The summed E-state index contributed by atoms with van der Waals surface area (Å²) in [5, 5.41) is 9.90. The Kier molecular flexibility index (Phi) is 4.21. The smallest absolute Gasteiger partial charge is 0.408 e. The molecular formula is C17H23BrN2O2. The minimum absolute atomic E-state index is 0.0960. The van der Waals surface area contributed by atoms with Gasteiger partial charge in [0, 0.05) is 11.0 Å². The number of rotatable bonds is 3. The van der Waals surface area contributed by atoms with Crippen LogP contribution in [0.15, 0.2) is 28.7 Å². The monoisotopic (exact) mass is 366 g/mol. The largest absolute Gasteiger partial charge is 0.465 e. The number of hydrogen-bond acceptors (Lipinski definition) is 2. The average molecular weight is 367 g/mol. The number of nitrogens with zero attached hydrogens (tertiary/aromatic N) is 2. The van der Waals surface area contributed by atoms with Crippen LogP contribution in [0.4, 0.5) is 4.79 Å². The Morgan fingerprint density at radius 1 is 1.27 bits per heavy atom. The Hall–Kier alpha value is -1.07. The maximum absolute atomic E-state index is 12.1. The number of carbonyl (C=O) groups is 1. The lowest BCUT2D eigenvalue weighted by Crippen LogP contribution is -2.62. The summed E-state index contributed by atoms with van der Waals surface area (Å²) < 4.78 is 1.01. The normalized spacial score (nSPS) is 27.7. The van der Waals surface area contributed by atoms with Crippen LogP contribution in [0.1, 0.15) is 32.3 Å². The Bertz CT molecular complexity index is 550. The molecule has 0 aromatic heterocycles. The lowest BCUT2D eigenvalue weighted by molar-refractivity contribution is -0.0289. The first-order chi connectivity index (χ1) is 10.4. The molecule has 0 saturated carbocycles. The fraction of sp³-hybridized carbons (Fsp3) is 0.588. The molecule has 120 valence electrons. The Labute approximate surface area is 140 Å². The maximum Gasteiger partial charge on any atom is 0.408 e. The van der Waals surface area contributed by atoms with Crippen molar-refractivity contribution in [1.29, 1.82) is 0 Å². The van der Waals surface area contributed by atoms with E-state index in [9.17, 15) is 9.90 Å². The third kappa shape index (κ3) is 2.76. The van der Waals surface area contributed by atoms with Crippen molar-refractivity contribution in [3.63, 3.8) is 0 Å². The van der Waals surface area contributed by atoms with Gasteiger partial charge < -0.3 is 10.0 Å². The molecule has 4 rings (SSSR count). The zero-order valence-electron chi connectivity index (χ0n) is 13.1. The molecule has 1 N–H and O–H groups in total. The summed E-state index contributed by atoms with van der Waals surface area (Å²) in [7, 11) is 0. The minimum atomic E-state index is -0.813. The van der Waals surface area contributed by atoms with Gasteiger partial charge >= 0.3 is 6.09 Å². The first kappa shape index (κ1) is 15.8. The van der Waals surface area contributed by atoms with Gasteiger partial charge in [0.25, 0.3) is 0 Å². The van der Waals surface area contributed by atoms with E-state index in [2.05, 4.69) is 20.8 Å². The van der Waals surface area contributed by atoms with Gasteiger partial charge in [0.15, 0.2) is 0 Å². The molecule has 3 aliphatic rings. The molecule has 1 unspecified atom stereocenters. The number of carboxylic acid groups (broad SMARTS) is 1. The summed E-state index contributed by atoms with van der Waals surface area (Å²) >= 11 is 3.44. The van der Waals surface area contributed by atoms with Crippen molar-refractivity contribution in [1.82, 2.24) is 9.80 Å². The van der Waals surface area contributed by atoms with Crippen molar-refractivity contribution >= 4 is 22.0 Å². The maximum atomic E-state index is 12.1. The van der Waals surface area contributed by atoms with E-state index < -0.39 is 11.6 Å². The van der Waals surface area contributed by atoms with E-state index in [4.69, 9.17) is 0 Å². The molecule has 1 amide bonds. The molecule has 1 aromatic rings. The lowest BCUT2D eigenvalue weighted by Gasteiger charge is -2.52. The third-order valence-electron chi connectivity index (χ3n) is 5.31. The van der Waals surface area contributed by atoms with Gasteiger partial charge in [0.1, 0.15) is 0 Å². The summed E-state index contributed by atoms with van der Waals surface area (Å²) in [5.41, 5.74) is 0.505. The average Bonchev–Trinajstić information content (AvgIpc) is 2.48. The molecule has 3 aliphatic heterocycles. The van der Waals surface area contributed by atoms with Crippen LogP contribution in [0.2, 0.25) is 0 Å². The number of hydrogen-bond donors (Lipinski definition) is 1. The standard InChI is InChI=1S/C17H23BrN2O2/c1-17(2,13-3-5-14(18)6-4-13)20(16(21)22)15-11-19-9-7-12(15)8-10-19/h3-6,12,15H,7-11H2,1-2H3,(H,21,22). The van der Waals surface area contributed by atoms with E-state index in [1.54, 1.807) is 4.90 Å². The Morgan fingerprint density at radius 3 is 2.32 bits per heavy atom. The molecule has 1 atom stereocenters. The minimum Gasteiger partial charge on any atom is -0.465 e. The second-order valence-corrected chi connectivity index (χ2v) is 7.84. The van der Waals surface area contributed by atoms with E-state index in [0.29, 0.717) is 5.92 Å². The van der Waals surface area contributed by atoms with Crippen LogP contribution in [0.3, 0.4) is 0 Å². The van der Waals surface area contributed by atoms with Crippen LogP contribution < -0.4 is 0 Å². The van der Waals surface area contributed by atoms with Gasteiger partial charge in [-0.2, -0.15) is 0 Å². The summed E-state index contributed by atoms with van der Waals surface area (Å²) in [6.45, 7) is 7.14. The van der Waals surface area contributed by atoms with Gasteiger partial charge in [-0.25, -0.2) is 4.79 Å². The van der Waals surface area contributed by atoms with Crippen molar-refractivity contribution in [2.24, 2.45) is 5.92 Å². The van der Waals surface area contributed by atoms with Crippen LogP contribution in [0.5, 0.6) is 0 Å². The van der Waals surface area contributed by atoms with Crippen molar-refractivity contribution in [2.75, 3.05) is 19.6 Å². The number of fused-ring (bicyclic) bond motifs is 3. The second-order valence-electron chi connectivity index (χ2n) is 6.92. The molecule has 5 heteroatoms. The van der Waals surface area contributed by atoms with Gasteiger partial charge in [-0.05, 0) is 63.4 Å². The zero-order chi connectivity index (χ0) is 15.9. The van der Waals surface area contributed by atoms with E-state index in [1.165, 1.54) is 0 Å². The quantitative estimate of drug-likeness (QED) is 0.885. The van der Waals surface area contributed by atoms with Crippen LogP contribution in [-0.2, 0) is 5.54 Å². The molecule has 0 spiro atoms. The summed E-state index contributed by atoms with van der Waals surface area (Å²) in [6, 6.07) is 8.09. The molecule has 3 heterocycles. The van der Waals surface area contributed by atoms with E-state index in [1.807, 2.05) is 38.1 Å². The fourth-order valence-electron chi connectivity index (χ4n) is 4.02. The van der Waals surface area contributed by atoms with Crippen molar-refractivity contribution < 1.29 is 9.90 Å². The van der Waals surface area contributed by atoms with Crippen LogP contribution >= 0.6 is 15.9 Å². The Balaban J connectivity index is 1.93. The van der Waals surface area contributed by atoms with Gasteiger partial charge in [0.05, 0.1) is 11.6 Å². The number of benzene rings is 1. The van der Waals surface area contributed by atoms with Gasteiger partial charge in [0.2, 0.25) is 0 Å². The van der Waals surface area contributed by atoms with E-state index in [0.717, 1.165) is 42.5 Å². The molecule has 1 aromatic carbocycles. The topological polar surface area (TPSA) is 43.8 Å². The lowest BCUT2D eigenvalue weighted by atomic mass is 9.80. The first-order valence-corrected chi connectivity index (χ1v) is 8.69. The molecule has 4 nitrogen and oxygen atoms in total. The van der Waals surface area contributed by atoms with Gasteiger partial charge in [-0.3, -0.25) is 4.90 Å². The fourth-order valence-corrected chi connectivity index (χ4v) is 4.28. The number of halogens is 1. The predicted octanol–water partition coefficient (Wildman–Crippen LogP) is 3.76. The summed E-state index contributed by atoms with van der Waals surface area (Å²) in [5.74, 6) is 0.496. The number of piperidine rings is 3. The predicted molar refractivity (Wildman–Crippen MR) is 90.0 cm³/mol. The molecule has 22 heavy (non-hydrogen) atoms. The molecule has 3 fully saturated rings. The molecule has 2 bridgehead atoms. The molecule has 0 radical (unpaired) electrons. The molecular weight excluding hydrogens is 344 g/mol. The van der Waals surface area contributed by atoms with Crippen LogP contribution in [0, 0.1) is 5.92 Å². The highest BCUT2D eigenvalue weighted by Crippen LogP contribution is 2.38. The van der Waals surface area contributed by atoms with E-state index >= 15 is 0 Å². The van der Waals surface area contributed by atoms with Gasteiger partial charge in [-0.1, -0.05) is 28.1 Å². The zero-order valence-corrected chi connectivity index (χ0v) is 14.7. The highest BCUT2D eigenvalue weighted by Gasteiger charge is 2.45. The highest BCUT2D eigenvalue weighted by molar-refractivity contribution is 9.10.